The van der Waals surface area contributed by atoms with Gasteiger partial charge in [0.2, 0.25) is 11.2 Å². The van der Waals surface area contributed by atoms with Crippen molar-refractivity contribution in [3.05, 3.63) is 5.28 Å². The van der Waals surface area contributed by atoms with Gasteiger partial charge in [0.05, 0.1) is 13.2 Å². The topological polar surface area (TPSA) is 60.4 Å². The predicted molar refractivity (Wildman–Crippen MR) is 70.8 cm³/mol. The van der Waals surface area contributed by atoms with Gasteiger partial charge in [0.15, 0.2) is 0 Å². The standard InChI is InChI=1S/C12H17ClN4O2/c13-10-14-11(17-5-1-2-6-17)16-12(15-10)19-9-3-7-18-8-4-9/h9H,1-8H2. The van der Waals surface area contributed by atoms with Crippen molar-refractivity contribution in [3.8, 4) is 6.01 Å². The van der Waals surface area contributed by atoms with E-state index in [2.05, 4.69) is 19.9 Å². The van der Waals surface area contributed by atoms with E-state index in [1.165, 1.54) is 12.8 Å². The molecule has 0 atom stereocenters. The van der Waals surface area contributed by atoms with Crippen LogP contribution in [0.5, 0.6) is 6.01 Å². The quantitative estimate of drug-likeness (QED) is 0.842. The molecule has 0 saturated carbocycles. The molecule has 104 valence electrons. The largest absolute Gasteiger partial charge is 0.460 e. The van der Waals surface area contributed by atoms with Crippen molar-refractivity contribution in [2.75, 3.05) is 31.2 Å². The lowest BCUT2D eigenvalue weighted by molar-refractivity contribution is 0.0216. The lowest BCUT2D eigenvalue weighted by Gasteiger charge is -2.22. The highest BCUT2D eigenvalue weighted by molar-refractivity contribution is 6.28. The molecule has 0 aliphatic carbocycles. The highest BCUT2D eigenvalue weighted by atomic mass is 35.5. The molecule has 0 N–H and O–H groups in total. The van der Waals surface area contributed by atoms with Gasteiger partial charge < -0.3 is 14.4 Å². The second-order valence-corrected chi connectivity index (χ2v) is 5.15. The van der Waals surface area contributed by atoms with Crippen LogP contribution in [0.3, 0.4) is 0 Å². The van der Waals surface area contributed by atoms with Crippen LogP contribution in [0.1, 0.15) is 25.7 Å². The number of hydrogen-bond acceptors (Lipinski definition) is 6. The van der Waals surface area contributed by atoms with Gasteiger partial charge in [-0.2, -0.15) is 15.0 Å². The first-order chi connectivity index (χ1) is 9.31. The summed E-state index contributed by atoms with van der Waals surface area (Å²) in [5.41, 5.74) is 0. The average molecular weight is 285 g/mol. The van der Waals surface area contributed by atoms with Crippen LogP contribution in [0, 0.1) is 0 Å². The van der Waals surface area contributed by atoms with Crippen molar-refractivity contribution in [2.45, 2.75) is 31.8 Å². The Bertz CT molecular complexity index is 434. The number of rotatable bonds is 3. The van der Waals surface area contributed by atoms with E-state index >= 15 is 0 Å². The molecule has 2 saturated heterocycles. The SMILES string of the molecule is Clc1nc(OC2CCOCC2)nc(N2CCCC2)n1. The molecule has 2 fully saturated rings. The van der Waals surface area contributed by atoms with Crippen molar-refractivity contribution < 1.29 is 9.47 Å². The molecule has 3 rings (SSSR count). The molecule has 2 aliphatic rings. The van der Waals surface area contributed by atoms with E-state index in [4.69, 9.17) is 21.1 Å². The number of nitrogens with zero attached hydrogens (tertiary/aromatic N) is 4. The summed E-state index contributed by atoms with van der Waals surface area (Å²) in [5, 5.41) is 0.193. The smallest absolute Gasteiger partial charge is 0.322 e. The number of halogens is 1. The number of aromatic nitrogens is 3. The van der Waals surface area contributed by atoms with E-state index in [-0.39, 0.29) is 11.4 Å². The number of hydrogen-bond donors (Lipinski definition) is 0. The summed E-state index contributed by atoms with van der Waals surface area (Å²) in [7, 11) is 0. The van der Waals surface area contributed by atoms with E-state index in [9.17, 15) is 0 Å². The zero-order valence-electron chi connectivity index (χ0n) is 10.7. The summed E-state index contributed by atoms with van der Waals surface area (Å²) in [6, 6.07) is 0.328. The summed E-state index contributed by atoms with van der Waals surface area (Å²) in [6.07, 6.45) is 4.17. The van der Waals surface area contributed by atoms with Crippen molar-refractivity contribution in [1.82, 2.24) is 15.0 Å². The molecule has 0 radical (unpaired) electrons. The molecule has 0 amide bonds. The van der Waals surface area contributed by atoms with Crippen LogP contribution >= 0.6 is 11.6 Å². The first-order valence-corrected chi connectivity index (χ1v) is 7.10. The lowest BCUT2D eigenvalue weighted by Crippen LogP contribution is -2.27. The lowest BCUT2D eigenvalue weighted by atomic mass is 10.2. The third-order valence-corrected chi connectivity index (χ3v) is 3.57. The van der Waals surface area contributed by atoms with Gasteiger partial charge in [-0.1, -0.05) is 0 Å². The van der Waals surface area contributed by atoms with E-state index < -0.39 is 0 Å². The Kier molecular flexibility index (Phi) is 3.98. The van der Waals surface area contributed by atoms with E-state index in [0.717, 1.165) is 39.1 Å². The summed E-state index contributed by atoms with van der Waals surface area (Å²) in [5.74, 6) is 0.625. The van der Waals surface area contributed by atoms with Gasteiger partial charge in [0, 0.05) is 25.9 Å². The number of anilines is 1. The Balaban J connectivity index is 1.73. The second kappa shape index (κ2) is 5.88. The van der Waals surface area contributed by atoms with Gasteiger partial charge in [-0.05, 0) is 24.4 Å². The second-order valence-electron chi connectivity index (χ2n) is 4.81. The van der Waals surface area contributed by atoms with E-state index in [1.54, 1.807) is 0 Å². The monoisotopic (exact) mass is 284 g/mol. The van der Waals surface area contributed by atoms with Crippen LogP contribution in [0.25, 0.3) is 0 Å². The maximum atomic E-state index is 5.95. The van der Waals surface area contributed by atoms with Gasteiger partial charge >= 0.3 is 6.01 Å². The minimum absolute atomic E-state index is 0.110. The predicted octanol–water partition coefficient (Wildman–Crippen LogP) is 1.68. The Morgan fingerprint density at radius 2 is 1.84 bits per heavy atom. The summed E-state index contributed by atoms with van der Waals surface area (Å²) < 4.78 is 11.1. The first-order valence-electron chi connectivity index (χ1n) is 6.72. The van der Waals surface area contributed by atoms with E-state index in [0.29, 0.717) is 12.0 Å². The first kappa shape index (κ1) is 12.9. The van der Waals surface area contributed by atoms with Crippen molar-refractivity contribution >= 4 is 17.5 Å². The van der Waals surface area contributed by atoms with Crippen LogP contribution in [0.2, 0.25) is 5.28 Å². The van der Waals surface area contributed by atoms with Crippen LogP contribution < -0.4 is 9.64 Å². The highest BCUT2D eigenvalue weighted by Crippen LogP contribution is 2.21. The molecular formula is C12H17ClN4O2. The Morgan fingerprint density at radius 3 is 2.58 bits per heavy atom. The van der Waals surface area contributed by atoms with Gasteiger partial charge in [0.1, 0.15) is 6.10 Å². The van der Waals surface area contributed by atoms with Crippen molar-refractivity contribution in [2.24, 2.45) is 0 Å². The van der Waals surface area contributed by atoms with Crippen LogP contribution in [-0.2, 0) is 4.74 Å². The average Bonchev–Trinajstić information content (AvgIpc) is 2.93. The summed E-state index contributed by atoms with van der Waals surface area (Å²) in [6.45, 7) is 3.39. The van der Waals surface area contributed by atoms with E-state index in [1.807, 2.05) is 0 Å². The minimum atomic E-state index is 0.110. The van der Waals surface area contributed by atoms with Gasteiger partial charge in [0.25, 0.3) is 0 Å². The van der Waals surface area contributed by atoms with Gasteiger partial charge in [-0.25, -0.2) is 0 Å². The fourth-order valence-corrected chi connectivity index (χ4v) is 2.52. The zero-order valence-corrected chi connectivity index (χ0v) is 11.5. The van der Waals surface area contributed by atoms with Crippen molar-refractivity contribution in [3.63, 3.8) is 0 Å². The van der Waals surface area contributed by atoms with Crippen molar-refractivity contribution in [1.29, 1.82) is 0 Å². The normalized spacial score (nSPS) is 20.8. The molecule has 1 aromatic heterocycles. The molecule has 0 spiro atoms. The van der Waals surface area contributed by atoms with Gasteiger partial charge in [-0.3, -0.25) is 0 Å². The molecule has 7 heteroatoms. The van der Waals surface area contributed by atoms with Crippen LogP contribution in [0.15, 0.2) is 0 Å². The maximum absolute atomic E-state index is 5.95. The fourth-order valence-electron chi connectivity index (χ4n) is 2.38. The minimum Gasteiger partial charge on any atom is -0.460 e. The molecule has 2 aliphatic heterocycles. The number of ether oxygens (including phenoxy) is 2. The third kappa shape index (κ3) is 3.25. The Hall–Kier alpha value is -1.14. The molecule has 0 bridgehead atoms. The molecule has 0 unspecified atom stereocenters. The highest BCUT2D eigenvalue weighted by Gasteiger charge is 2.20. The Labute approximate surface area is 117 Å². The van der Waals surface area contributed by atoms with Crippen LogP contribution in [-0.4, -0.2) is 47.4 Å². The molecular weight excluding hydrogens is 268 g/mol. The zero-order chi connectivity index (χ0) is 13.1. The van der Waals surface area contributed by atoms with Crippen LogP contribution in [0.4, 0.5) is 5.95 Å². The molecule has 3 heterocycles. The third-order valence-electron chi connectivity index (χ3n) is 3.41. The molecule has 19 heavy (non-hydrogen) atoms. The molecule has 1 aromatic rings. The summed E-state index contributed by atoms with van der Waals surface area (Å²) >= 11 is 5.95. The van der Waals surface area contributed by atoms with Gasteiger partial charge in [-0.15, -0.1) is 0 Å². The Morgan fingerprint density at radius 1 is 1.11 bits per heavy atom. The molecule has 0 aromatic carbocycles. The summed E-state index contributed by atoms with van der Waals surface area (Å²) in [4.78, 5) is 14.7. The fraction of sp³-hybridized carbons (Fsp3) is 0.750. The maximum Gasteiger partial charge on any atom is 0.322 e. The molecule has 6 nitrogen and oxygen atoms in total.